The fraction of sp³-hybridized carbons (Fsp3) is 0.440. The van der Waals surface area contributed by atoms with Gasteiger partial charge in [0.05, 0.1) is 18.2 Å². The molecule has 0 aromatic heterocycles. The normalized spacial score (nSPS) is 20.4. The third-order valence-corrected chi connectivity index (χ3v) is 6.34. The van der Waals surface area contributed by atoms with Gasteiger partial charge in [0.25, 0.3) is 0 Å². The third kappa shape index (κ3) is 4.48. The van der Waals surface area contributed by atoms with E-state index in [2.05, 4.69) is 37.1 Å². The van der Waals surface area contributed by atoms with Crippen molar-refractivity contribution in [3.8, 4) is 6.07 Å². The summed E-state index contributed by atoms with van der Waals surface area (Å²) in [6, 6.07) is 13.0. The predicted octanol–water partition coefficient (Wildman–Crippen LogP) is 3.21. The number of fused-ring (bicyclic) bond motifs is 1. The average Bonchev–Trinajstić information content (AvgIpc) is 2.99. The zero-order valence-corrected chi connectivity index (χ0v) is 18.4. The van der Waals surface area contributed by atoms with Crippen LogP contribution in [0.5, 0.6) is 0 Å². The van der Waals surface area contributed by atoms with Crippen molar-refractivity contribution in [3.63, 3.8) is 0 Å². The number of halogens is 1. The molecular formula is C25H29FN4O. The molecule has 0 saturated carbocycles. The van der Waals surface area contributed by atoms with Crippen molar-refractivity contribution in [2.24, 2.45) is 0 Å². The highest BCUT2D eigenvalue weighted by Gasteiger charge is 2.39. The van der Waals surface area contributed by atoms with Gasteiger partial charge < -0.3 is 10.2 Å². The number of rotatable bonds is 4. The minimum absolute atomic E-state index is 0.0957. The van der Waals surface area contributed by atoms with E-state index >= 15 is 0 Å². The van der Waals surface area contributed by atoms with Gasteiger partial charge in [0.1, 0.15) is 5.82 Å². The lowest BCUT2D eigenvalue weighted by Gasteiger charge is -2.32. The van der Waals surface area contributed by atoms with E-state index in [1.807, 2.05) is 17.0 Å². The molecule has 1 fully saturated rings. The Bertz CT molecular complexity index is 1030. The highest BCUT2D eigenvalue weighted by atomic mass is 19.1. The summed E-state index contributed by atoms with van der Waals surface area (Å²) in [5.74, 6) is -0.183. The number of piperazine rings is 1. The Morgan fingerprint density at radius 2 is 2.03 bits per heavy atom. The molecule has 2 aromatic carbocycles. The molecule has 0 bridgehead atoms. The van der Waals surface area contributed by atoms with Crippen molar-refractivity contribution in [3.05, 3.63) is 64.5 Å². The Balaban J connectivity index is 1.64. The number of amides is 1. The number of benzene rings is 2. The van der Waals surface area contributed by atoms with Crippen molar-refractivity contribution in [1.82, 2.24) is 10.2 Å². The van der Waals surface area contributed by atoms with Gasteiger partial charge in [-0.1, -0.05) is 26.0 Å². The molecule has 1 saturated heterocycles. The highest BCUT2D eigenvalue weighted by molar-refractivity contribution is 5.98. The quantitative estimate of drug-likeness (QED) is 0.825. The van der Waals surface area contributed by atoms with Crippen LogP contribution in [0.3, 0.4) is 0 Å². The first kappa shape index (κ1) is 21.5. The first-order chi connectivity index (χ1) is 14.8. The number of hydrogen-bond acceptors (Lipinski definition) is 4. The number of hydrogen-bond donors (Lipinski definition) is 1. The molecule has 2 heterocycles. The molecular weight excluding hydrogens is 391 g/mol. The highest BCUT2D eigenvalue weighted by Crippen LogP contribution is 2.42. The van der Waals surface area contributed by atoms with Crippen molar-refractivity contribution in [2.75, 3.05) is 37.6 Å². The van der Waals surface area contributed by atoms with E-state index in [1.54, 1.807) is 12.1 Å². The summed E-state index contributed by atoms with van der Waals surface area (Å²) < 4.78 is 13.3. The number of nitrogens with one attached hydrogen (secondary N) is 1. The monoisotopic (exact) mass is 420 g/mol. The molecule has 2 aromatic rings. The van der Waals surface area contributed by atoms with Gasteiger partial charge in [0.15, 0.2) is 0 Å². The molecule has 0 aliphatic carbocycles. The molecule has 31 heavy (non-hydrogen) atoms. The Hall–Kier alpha value is -2.75. The van der Waals surface area contributed by atoms with Gasteiger partial charge in [-0.2, -0.15) is 5.26 Å². The summed E-state index contributed by atoms with van der Waals surface area (Å²) in [7, 11) is 0. The lowest BCUT2D eigenvalue weighted by atomic mass is 9.84. The first-order valence-corrected chi connectivity index (χ1v) is 10.8. The maximum Gasteiger partial charge on any atom is 0.241 e. The lowest BCUT2D eigenvalue weighted by Crippen LogP contribution is -2.52. The smallest absolute Gasteiger partial charge is 0.241 e. The minimum Gasteiger partial charge on any atom is -0.312 e. The summed E-state index contributed by atoms with van der Waals surface area (Å²) in [5.41, 5.74) is 4.12. The van der Waals surface area contributed by atoms with Crippen LogP contribution < -0.4 is 10.2 Å². The van der Waals surface area contributed by atoms with Gasteiger partial charge in [-0.05, 0) is 54.3 Å². The second-order valence-electron chi connectivity index (χ2n) is 9.40. The SMILES string of the molecule is CC1CN(CC(=O)N2CC(C)(C)c3cc(C#N)c(Cc4ccc(F)cc4)cc32)CCN1. The maximum atomic E-state index is 13.3. The van der Waals surface area contributed by atoms with Gasteiger partial charge in [-0.15, -0.1) is 0 Å². The van der Waals surface area contributed by atoms with E-state index in [4.69, 9.17) is 0 Å². The van der Waals surface area contributed by atoms with Crippen LogP contribution >= 0.6 is 0 Å². The van der Waals surface area contributed by atoms with E-state index in [9.17, 15) is 14.4 Å². The Morgan fingerprint density at radius 1 is 1.29 bits per heavy atom. The van der Waals surface area contributed by atoms with Crippen LogP contribution in [0.25, 0.3) is 0 Å². The number of carbonyl (C=O) groups is 1. The zero-order chi connectivity index (χ0) is 22.2. The van der Waals surface area contributed by atoms with Crippen LogP contribution in [0, 0.1) is 17.1 Å². The molecule has 0 radical (unpaired) electrons. The van der Waals surface area contributed by atoms with Crippen LogP contribution in [-0.2, 0) is 16.6 Å². The Morgan fingerprint density at radius 3 is 2.71 bits per heavy atom. The van der Waals surface area contributed by atoms with E-state index in [-0.39, 0.29) is 17.1 Å². The van der Waals surface area contributed by atoms with Crippen LogP contribution in [0.2, 0.25) is 0 Å². The molecule has 1 amide bonds. The molecule has 6 heteroatoms. The Kier molecular flexibility index (Phi) is 5.83. The molecule has 1 atom stereocenters. The summed E-state index contributed by atoms with van der Waals surface area (Å²) >= 11 is 0. The van der Waals surface area contributed by atoms with Gasteiger partial charge in [0, 0.05) is 43.3 Å². The van der Waals surface area contributed by atoms with Crippen LogP contribution in [0.4, 0.5) is 10.1 Å². The van der Waals surface area contributed by atoms with Gasteiger partial charge in [-0.3, -0.25) is 9.69 Å². The number of nitrogens with zero attached hydrogens (tertiary/aromatic N) is 3. The average molecular weight is 421 g/mol. The molecule has 5 nitrogen and oxygen atoms in total. The van der Waals surface area contributed by atoms with Crippen molar-refractivity contribution in [1.29, 1.82) is 5.26 Å². The van der Waals surface area contributed by atoms with Crippen molar-refractivity contribution < 1.29 is 9.18 Å². The van der Waals surface area contributed by atoms with E-state index in [0.29, 0.717) is 31.1 Å². The fourth-order valence-corrected chi connectivity index (χ4v) is 4.69. The molecule has 1 N–H and O–H groups in total. The number of carbonyl (C=O) groups excluding carboxylic acids is 1. The number of anilines is 1. The summed E-state index contributed by atoms with van der Waals surface area (Å²) in [6.07, 6.45) is 0.522. The molecule has 4 rings (SSSR count). The van der Waals surface area contributed by atoms with E-state index < -0.39 is 0 Å². The Labute approximate surface area is 183 Å². The second kappa shape index (κ2) is 8.41. The largest absolute Gasteiger partial charge is 0.312 e. The van der Waals surface area contributed by atoms with Crippen molar-refractivity contribution in [2.45, 2.75) is 38.6 Å². The van der Waals surface area contributed by atoms with Crippen LogP contribution in [-0.4, -0.2) is 49.6 Å². The van der Waals surface area contributed by atoms with Crippen LogP contribution in [0.15, 0.2) is 36.4 Å². The van der Waals surface area contributed by atoms with Crippen molar-refractivity contribution >= 4 is 11.6 Å². The lowest BCUT2D eigenvalue weighted by molar-refractivity contribution is -0.120. The molecule has 1 unspecified atom stereocenters. The summed E-state index contributed by atoms with van der Waals surface area (Å²) in [6.45, 7) is 9.99. The van der Waals surface area contributed by atoms with Gasteiger partial charge >= 0.3 is 0 Å². The second-order valence-corrected chi connectivity index (χ2v) is 9.40. The minimum atomic E-state index is -0.279. The number of nitriles is 1. The fourth-order valence-electron chi connectivity index (χ4n) is 4.69. The van der Waals surface area contributed by atoms with Crippen LogP contribution in [0.1, 0.15) is 43.0 Å². The van der Waals surface area contributed by atoms with E-state index in [0.717, 1.165) is 42.0 Å². The summed E-state index contributed by atoms with van der Waals surface area (Å²) in [4.78, 5) is 17.4. The maximum absolute atomic E-state index is 13.3. The third-order valence-electron chi connectivity index (χ3n) is 6.34. The standard InChI is InChI=1S/C25H29FN4O/c1-17-14-29(9-8-28-17)15-24(31)30-16-25(2,3)22-11-20(13-27)19(12-23(22)30)10-18-4-6-21(26)7-5-18/h4-7,11-12,17,28H,8-10,14-16H2,1-3H3. The van der Waals surface area contributed by atoms with Gasteiger partial charge in [0.2, 0.25) is 5.91 Å². The van der Waals surface area contributed by atoms with E-state index in [1.165, 1.54) is 12.1 Å². The molecule has 162 valence electrons. The summed E-state index contributed by atoms with van der Waals surface area (Å²) in [5, 5.41) is 13.2. The zero-order valence-electron chi connectivity index (χ0n) is 18.4. The molecule has 0 spiro atoms. The van der Waals surface area contributed by atoms with Gasteiger partial charge in [-0.25, -0.2) is 4.39 Å². The molecule has 2 aliphatic heterocycles. The predicted molar refractivity (Wildman–Crippen MR) is 120 cm³/mol. The first-order valence-electron chi connectivity index (χ1n) is 10.8. The molecule has 2 aliphatic rings. The topological polar surface area (TPSA) is 59.4 Å².